The van der Waals surface area contributed by atoms with Crippen molar-refractivity contribution in [3.8, 4) is 0 Å². The van der Waals surface area contributed by atoms with E-state index in [1.807, 2.05) is 0 Å². The van der Waals surface area contributed by atoms with Crippen LogP contribution >= 0.6 is 0 Å². The number of aliphatic hydroxyl groups excluding tert-OH is 1. The summed E-state index contributed by atoms with van der Waals surface area (Å²) in [6.45, 7) is 4.50. The minimum Gasteiger partial charge on any atom is -0.395 e. The third kappa shape index (κ3) is 5.22. The van der Waals surface area contributed by atoms with Crippen LogP contribution in [-0.4, -0.2) is 17.8 Å². The zero-order chi connectivity index (χ0) is 8.69. The normalized spacial score (nSPS) is 16.4. The predicted octanol–water partition coefficient (Wildman–Crippen LogP) is 1.52. The first-order valence-corrected chi connectivity index (χ1v) is 4.61. The van der Waals surface area contributed by atoms with Gasteiger partial charge in [-0.3, -0.25) is 0 Å². The fourth-order valence-electron chi connectivity index (χ4n) is 1.40. The minimum atomic E-state index is -0.00787. The van der Waals surface area contributed by atoms with Crippen LogP contribution in [0.4, 0.5) is 0 Å². The van der Waals surface area contributed by atoms with Crippen molar-refractivity contribution in [3.05, 3.63) is 0 Å². The van der Waals surface area contributed by atoms with Gasteiger partial charge >= 0.3 is 0 Å². The number of rotatable bonds is 6. The second-order valence-corrected chi connectivity index (χ2v) is 3.24. The molecule has 68 valence electrons. The number of hydrogen-bond donors (Lipinski definition) is 2. The number of aliphatic hydroxyl groups is 1. The molecule has 2 unspecified atom stereocenters. The molecule has 0 amide bonds. The van der Waals surface area contributed by atoms with Crippen LogP contribution in [-0.2, 0) is 0 Å². The van der Waals surface area contributed by atoms with E-state index in [1.54, 1.807) is 0 Å². The quantitative estimate of drug-likeness (QED) is 0.617. The Morgan fingerprint density at radius 1 is 1.36 bits per heavy atom. The molecular weight excluding hydrogens is 138 g/mol. The van der Waals surface area contributed by atoms with Crippen molar-refractivity contribution >= 4 is 0 Å². The van der Waals surface area contributed by atoms with Gasteiger partial charge in [0.1, 0.15) is 0 Å². The van der Waals surface area contributed by atoms with Crippen LogP contribution in [0.25, 0.3) is 0 Å². The van der Waals surface area contributed by atoms with E-state index >= 15 is 0 Å². The molecule has 0 aliphatic rings. The summed E-state index contributed by atoms with van der Waals surface area (Å²) in [5.41, 5.74) is 5.63. The summed E-state index contributed by atoms with van der Waals surface area (Å²) < 4.78 is 0. The SMILES string of the molecule is CCCC(CC)CC(N)CO. The van der Waals surface area contributed by atoms with Crippen LogP contribution in [0, 0.1) is 5.92 Å². The van der Waals surface area contributed by atoms with E-state index in [1.165, 1.54) is 19.3 Å². The summed E-state index contributed by atoms with van der Waals surface area (Å²) in [6, 6.07) is -0.00787. The van der Waals surface area contributed by atoms with Crippen LogP contribution < -0.4 is 5.73 Å². The predicted molar refractivity (Wildman–Crippen MR) is 48.4 cm³/mol. The lowest BCUT2D eigenvalue weighted by Gasteiger charge is -2.16. The van der Waals surface area contributed by atoms with E-state index < -0.39 is 0 Å². The van der Waals surface area contributed by atoms with E-state index in [9.17, 15) is 0 Å². The van der Waals surface area contributed by atoms with Gasteiger partial charge in [-0.1, -0.05) is 33.1 Å². The molecule has 0 rings (SSSR count). The third-order valence-corrected chi connectivity index (χ3v) is 2.14. The van der Waals surface area contributed by atoms with Gasteiger partial charge in [-0.15, -0.1) is 0 Å². The maximum Gasteiger partial charge on any atom is 0.0582 e. The van der Waals surface area contributed by atoms with E-state index in [2.05, 4.69) is 13.8 Å². The van der Waals surface area contributed by atoms with Gasteiger partial charge in [0.15, 0.2) is 0 Å². The van der Waals surface area contributed by atoms with Gasteiger partial charge in [0.2, 0.25) is 0 Å². The maximum absolute atomic E-state index is 8.72. The summed E-state index contributed by atoms with van der Waals surface area (Å²) in [7, 11) is 0. The minimum absolute atomic E-state index is 0.00787. The van der Waals surface area contributed by atoms with Crippen LogP contribution in [0.2, 0.25) is 0 Å². The van der Waals surface area contributed by atoms with Crippen molar-refractivity contribution in [1.29, 1.82) is 0 Å². The molecule has 3 N–H and O–H groups in total. The van der Waals surface area contributed by atoms with Gasteiger partial charge in [-0.25, -0.2) is 0 Å². The monoisotopic (exact) mass is 159 g/mol. The summed E-state index contributed by atoms with van der Waals surface area (Å²) >= 11 is 0. The highest BCUT2D eigenvalue weighted by Gasteiger charge is 2.09. The molecule has 0 aromatic rings. The summed E-state index contributed by atoms with van der Waals surface area (Å²) in [4.78, 5) is 0. The summed E-state index contributed by atoms with van der Waals surface area (Å²) in [5, 5.41) is 8.72. The highest BCUT2D eigenvalue weighted by molar-refractivity contribution is 4.66. The van der Waals surface area contributed by atoms with Crippen molar-refractivity contribution < 1.29 is 5.11 Å². The fourth-order valence-corrected chi connectivity index (χ4v) is 1.40. The molecule has 0 bridgehead atoms. The Morgan fingerprint density at radius 2 is 2.00 bits per heavy atom. The van der Waals surface area contributed by atoms with Gasteiger partial charge in [0.25, 0.3) is 0 Å². The fraction of sp³-hybridized carbons (Fsp3) is 1.00. The smallest absolute Gasteiger partial charge is 0.0582 e. The van der Waals surface area contributed by atoms with Gasteiger partial charge in [-0.05, 0) is 12.3 Å². The Bertz CT molecular complexity index is 85.6. The Hall–Kier alpha value is -0.0800. The van der Waals surface area contributed by atoms with Crippen LogP contribution in [0.15, 0.2) is 0 Å². The molecule has 0 aromatic carbocycles. The van der Waals surface area contributed by atoms with Gasteiger partial charge in [-0.2, -0.15) is 0 Å². The maximum atomic E-state index is 8.72. The molecule has 0 radical (unpaired) electrons. The molecular formula is C9H21NO. The second-order valence-electron chi connectivity index (χ2n) is 3.24. The molecule has 0 aromatic heterocycles. The largest absolute Gasteiger partial charge is 0.395 e. The van der Waals surface area contributed by atoms with Gasteiger partial charge in [0.05, 0.1) is 6.61 Å². The molecule has 0 saturated heterocycles. The Labute approximate surface area is 69.8 Å². The first-order chi connectivity index (χ1) is 5.24. The molecule has 2 atom stereocenters. The molecule has 11 heavy (non-hydrogen) atoms. The molecule has 0 aliphatic heterocycles. The molecule has 2 heteroatoms. The molecule has 2 nitrogen and oxygen atoms in total. The molecule has 0 heterocycles. The molecule has 0 spiro atoms. The Balaban J connectivity index is 3.49. The van der Waals surface area contributed by atoms with Crippen LogP contribution in [0.3, 0.4) is 0 Å². The zero-order valence-electron chi connectivity index (χ0n) is 7.71. The average molecular weight is 159 g/mol. The Kier molecular flexibility index (Phi) is 6.57. The lowest BCUT2D eigenvalue weighted by molar-refractivity contribution is 0.239. The average Bonchev–Trinajstić information content (AvgIpc) is 2.03. The van der Waals surface area contributed by atoms with Crippen molar-refractivity contribution in [2.75, 3.05) is 6.61 Å². The van der Waals surface area contributed by atoms with E-state index in [0.717, 1.165) is 6.42 Å². The van der Waals surface area contributed by atoms with Crippen molar-refractivity contribution in [2.45, 2.75) is 45.6 Å². The topological polar surface area (TPSA) is 46.2 Å². The van der Waals surface area contributed by atoms with Crippen LogP contribution in [0.5, 0.6) is 0 Å². The third-order valence-electron chi connectivity index (χ3n) is 2.14. The van der Waals surface area contributed by atoms with Crippen LogP contribution in [0.1, 0.15) is 39.5 Å². The lowest BCUT2D eigenvalue weighted by atomic mass is 9.93. The Morgan fingerprint density at radius 3 is 2.36 bits per heavy atom. The molecule has 0 saturated carbocycles. The van der Waals surface area contributed by atoms with Crippen molar-refractivity contribution in [2.24, 2.45) is 11.7 Å². The molecule has 0 fully saturated rings. The first kappa shape index (κ1) is 10.9. The van der Waals surface area contributed by atoms with E-state index in [-0.39, 0.29) is 12.6 Å². The number of hydrogen-bond acceptors (Lipinski definition) is 2. The lowest BCUT2D eigenvalue weighted by Crippen LogP contribution is -2.27. The zero-order valence-corrected chi connectivity index (χ0v) is 7.71. The highest BCUT2D eigenvalue weighted by atomic mass is 16.3. The number of nitrogens with two attached hydrogens (primary N) is 1. The standard InChI is InChI=1S/C9H21NO/c1-3-5-8(4-2)6-9(10)7-11/h8-9,11H,3-7,10H2,1-2H3. The summed E-state index contributed by atoms with van der Waals surface area (Å²) in [6.07, 6.45) is 4.61. The van der Waals surface area contributed by atoms with Crippen molar-refractivity contribution in [3.63, 3.8) is 0 Å². The van der Waals surface area contributed by atoms with E-state index in [4.69, 9.17) is 10.8 Å². The van der Waals surface area contributed by atoms with Gasteiger partial charge in [0, 0.05) is 6.04 Å². The second kappa shape index (κ2) is 6.62. The molecule has 0 aliphatic carbocycles. The van der Waals surface area contributed by atoms with Crippen molar-refractivity contribution in [1.82, 2.24) is 0 Å². The highest BCUT2D eigenvalue weighted by Crippen LogP contribution is 2.15. The summed E-state index contributed by atoms with van der Waals surface area (Å²) in [5.74, 6) is 0.710. The van der Waals surface area contributed by atoms with E-state index in [0.29, 0.717) is 5.92 Å². The first-order valence-electron chi connectivity index (χ1n) is 4.61. The van der Waals surface area contributed by atoms with Gasteiger partial charge < -0.3 is 10.8 Å².